The van der Waals surface area contributed by atoms with Gasteiger partial charge in [0.25, 0.3) is 0 Å². The maximum absolute atomic E-state index is 3.56. The number of hydrogen-bond acceptors (Lipinski definition) is 2. The molecule has 0 aromatic heterocycles. The van der Waals surface area contributed by atoms with Crippen molar-refractivity contribution < 1.29 is 0 Å². The van der Waals surface area contributed by atoms with Crippen LogP contribution in [0.1, 0.15) is 30.0 Å². The molecule has 0 aliphatic carbocycles. The van der Waals surface area contributed by atoms with E-state index in [1.165, 1.54) is 42.7 Å². The molecule has 2 heterocycles. The molecule has 0 bridgehead atoms. The summed E-state index contributed by atoms with van der Waals surface area (Å²) in [5, 5.41) is 3.56. The zero-order valence-electron chi connectivity index (χ0n) is 12.4. The number of rotatable bonds is 3. The lowest BCUT2D eigenvalue weighted by Crippen LogP contribution is -2.34. The van der Waals surface area contributed by atoms with E-state index in [-0.39, 0.29) is 0 Å². The van der Waals surface area contributed by atoms with Gasteiger partial charge in [-0.15, -0.1) is 0 Å². The van der Waals surface area contributed by atoms with E-state index >= 15 is 0 Å². The Kier molecular flexibility index (Phi) is 3.64. The summed E-state index contributed by atoms with van der Waals surface area (Å²) in [7, 11) is 0. The molecule has 2 saturated heterocycles. The lowest BCUT2D eigenvalue weighted by atomic mass is 9.93. The quantitative estimate of drug-likeness (QED) is 0.897. The van der Waals surface area contributed by atoms with Crippen LogP contribution in [0.2, 0.25) is 0 Å². The maximum Gasteiger partial charge on any atom is 0.0237 e. The van der Waals surface area contributed by atoms with Crippen molar-refractivity contribution >= 4 is 0 Å². The molecule has 0 saturated carbocycles. The first-order chi connectivity index (χ1) is 9.19. The Morgan fingerprint density at radius 3 is 2.79 bits per heavy atom. The van der Waals surface area contributed by atoms with Gasteiger partial charge in [-0.2, -0.15) is 0 Å². The topological polar surface area (TPSA) is 15.3 Å². The summed E-state index contributed by atoms with van der Waals surface area (Å²) in [4.78, 5) is 2.72. The highest BCUT2D eigenvalue weighted by molar-refractivity contribution is 5.30. The fraction of sp³-hybridized carbons (Fsp3) is 0.647. The van der Waals surface area contributed by atoms with Crippen LogP contribution in [0.4, 0.5) is 0 Å². The van der Waals surface area contributed by atoms with Gasteiger partial charge in [0.2, 0.25) is 0 Å². The van der Waals surface area contributed by atoms with Crippen LogP contribution in [0.25, 0.3) is 0 Å². The third-order valence-electron chi connectivity index (χ3n) is 5.20. The minimum absolute atomic E-state index is 0.779. The van der Waals surface area contributed by atoms with Gasteiger partial charge in [-0.25, -0.2) is 0 Å². The average Bonchev–Trinajstić information content (AvgIpc) is 2.94. The second-order valence-electron chi connectivity index (χ2n) is 6.41. The molecule has 2 aliphatic heterocycles. The largest absolute Gasteiger partial charge is 0.316 e. The molecule has 2 aliphatic rings. The zero-order chi connectivity index (χ0) is 13.4. The second kappa shape index (κ2) is 5.26. The normalized spacial score (nSPS) is 30.8. The Hall–Kier alpha value is -0.860. The molecule has 0 spiro atoms. The molecule has 3 rings (SSSR count). The van der Waals surface area contributed by atoms with Crippen molar-refractivity contribution in [2.45, 2.75) is 39.8 Å². The summed E-state index contributed by atoms with van der Waals surface area (Å²) < 4.78 is 0. The van der Waals surface area contributed by atoms with E-state index in [0.29, 0.717) is 0 Å². The van der Waals surface area contributed by atoms with Gasteiger partial charge in [-0.3, -0.25) is 4.90 Å². The maximum atomic E-state index is 3.56. The number of likely N-dealkylation sites (tertiary alicyclic amines) is 1. The molecule has 0 radical (unpaired) electrons. The van der Waals surface area contributed by atoms with Gasteiger partial charge in [0.1, 0.15) is 0 Å². The highest BCUT2D eigenvalue weighted by atomic mass is 15.2. The number of aryl methyl sites for hydroxylation is 2. The standard InChI is InChI=1S/C17H26N2/c1-4-17-16-9-18-8-15(16)11-19(17)10-14-6-5-12(2)13(3)7-14/h5-7,15-18H,4,8-11H2,1-3H3. The van der Waals surface area contributed by atoms with Crippen molar-refractivity contribution in [1.82, 2.24) is 10.2 Å². The zero-order valence-corrected chi connectivity index (χ0v) is 12.4. The molecular formula is C17H26N2. The number of nitrogens with zero attached hydrogens (tertiary/aromatic N) is 1. The summed E-state index contributed by atoms with van der Waals surface area (Å²) in [6.07, 6.45) is 1.29. The van der Waals surface area contributed by atoms with Crippen LogP contribution >= 0.6 is 0 Å². The SMILES string of the molecule is CCC1C2CNCC2CN1Cc1ccc(C)c(C)c1. The van der Waals surface area contributed by atoms with Gasteiger partial charge in [-0.05, 0) is 61.9 Å². The number of nitrogens with one attached hydrogen (secondary N) is 1. The third-order valence-corrected chi connectivity index (χ3v) is 5.20. The predicted octanol–water partition coefficient (Wildman–Crippen LogP) is 2.73. The molecule has 1 aromatic rings. The average molecular weight is 258 g/mol. The van der Waals surface area contributed by atoms with Gasteiger partial charge in [0.15, 0.2) is 0 Å². The Labute approximate surface area is 117 Å². The van der Waals surface area contributed by atoms with Crippen LogP contribution in [-0.4, -0.2) is 30.6 Å². The van der Waals surface area contributed by atoms with E-state index in [2.05, 4.69) is 49.2 Å². The molecule has 3 unspecified atom stereocenters. The smallest absolute Gasteiger partial charge is 0.0237 e. The van der Waals surface area contributed by atoms with Crippen molar-refractivity contribution in [3.63, 3.8) is 0 Å². The van der Waals surface area contributed by atoms with E-state index in [0.717, 1.165) is 24.4 Å². The molecular weight excluding hydrogens is 232 g/mol. The first-order valence-corrected chi connectivity index (χ1v) is 7.70. The van der Waals surface area contributed by atoms with Crippen LogP contribution in [0.3, 0.4) is 0 Å². The van der Waals surface area contributed by atoms with E-state index in [4.69, 9.17) is 0 Å². The summed E-state index contributed by atoms with van der Waals surface area (Å²) in [6, 6.07) is 7.72. The highest BCUT2D eigenvalue weighted by Crippen LogP contribution is 2.35. The Morgan fingerprint density at radius 2 is 2.05 bits per heavy atom. The lowest BCUT2D eigenvalue weighted by molar-refractivity contribution is 0.210. The first-order valence-electron chi connectivity index (χ1n) is 7.70. The molecule has 0 amide bonds. The van der Waals surface area contributed by atoms with Crippen molar-refractivity contribution in [3.05, 3.63) is 34.9 Å². The molecule has 19 heavy (non-hydrogen) atoms. The van der Waals surface area contributed by atoms with Gasteiger partial charge in [-0.1, -0.05) is 25.1 Å². The Balaban J connectivity index is 1.74. The Morgan fingerprint density at radius 1 is 1.21 bits per heavy atom. The van der Waals surface area contributed by atoms with Gasteiger partial charge < -0.3 is 5.32 Å². The molecule has 2 heteroatoms. The number of hydrogen-bond donors (Lipinski definition) is 1. The van der Waals surface area contributed by atoms with Crippen molar-refractivity contribution in [1.29, 1.82) is 0 Å². The van der Waals surface area contributed by atoms with Gasteiger partial charge in [0.05, 0.1) is 0 Å². The third kappa shape index (κ3) is 2.44. The van der Waals surface area contributed by atoms with E-state index in [1.54, 1.807) is 0 Å². The highest BCUT2D eigenvalue weighted by Gasteiger charge is 2.42. The van der Waals surface area contributed by atoms with Gasteiger partial charge >= 0.3 is 0 Å². The molecule has 2 fully saturated rings. The molecule has 1 aromatic carbocycles. The summed E-state index contributed by atoms with van der Waals surface area (Å²) in [6.45, 7) is 11.6. The first kappa shape index (κ1) is 13.1. The number of fused-ring (bicyclic) bond motifs is 1. The summed E-state index contributed by atoms with van der Waals surface area (Å²) in [5.74, 6) is 1.77. The second-order valence-corrected chi connectivity index (χ2v) is 6.41. The molecule has 3 atom stereocenters. The van der Waals surface area contributed by atoms with Gasteiger partial charge in [0, 0.05) is 19.1 Å². The van der Waals surface area contributed by atoms with Crippen LogP contribution < -0.4 is 5.32 Å². The fourth-order valence-corrected chi connectivity index (χ4v) is 3.99. The minimum atomic E-state index is 0.779. The van der Waals surface area contributed by atoms with E-state index in [9.17, 15) is 0 Å². The lowest BCUT2D eigenvalue weighted by Gasteiger charge is -2.27. The van der Waals surface area contributed by atoms with Crippen molar-refractivity contribution in [2.75, 3.05) is 19.6 Å². The van der Waals surface area contributed by atoms with Crippen LogP contribution in [0.15, 0.2) is 18.2 Å². The molecule has 104 valence electrons. The van der Waals surface area contributed by atoms with Crippen LogP contribution in [-0.2, 0) is 6.54 Å². The van der Waals surface area contributed by atoms with Crippen molar-refractivity contribution in [2.24, 2.45) is 11.8 Å². The molecule has 2 nitrogen and oxygen atoms in total. The fourth-order valence-electron chi connectivity index (χ4n) is 3.99. The predicted molar refractivity (Wildman–Crippen MR) is 80.3 cm³/mol. The van der Waals surface area contributed by atoms with Crippen molar-refractivity contribution in [3.8, 4) is 0 Å². The van der Waals surface area contributed by atoms with E-state index < -0.39 is 0 Å². The summed E-state index contributed by atoms with van der Waals surface area (Å²) >= 11 is 0. The Bertz CT molecular complexity index is 455. The monoisotopic (exact) mass is 258 g/mol. The minimum Gasteiger partial charge on any atom is -0.316 e. The van der Waals surface area contributed by atoms with Crippen LogP contribution in [0.5, 0.6) is 0 Å². The molecule has 1 N–H and O–H groups in total. The van der Waals surface area contributed by atoms with Crippen LogP contribution in [0, 0.1) is 25.7 Å². The van der Waals surface area contributed by atoms with E-state index in [1.807, 2.05) is 0 Å². The number of benzene rings is 1. The summed E-state index contributed by atoms with van der Waals surface area (Å²) in [5.41, 5.74) is 4.30.